The lowest BCUT2D eigenvalue weighted by molar-refractivity contribution is 0.112. The Kier molecular flexibility index (Phi) is 2.95. The molecule has 16 heavy (non-hydrogen) atoms. The summed E-state index contributed by atoms with van der Waals surface area (Å²) in [4.78, 5) is 17.5. The molecule has 0 spiro atoms. The minimum Gasteiger partial charge on any atom is -0.355 e. The van der Waals surface area contributed by atoms with Crippen LogP contribution < -0.4 is 4.90 Å². The molecule has 0 saturated carbocycles. The van der Waals surface area contributed by atoms with Crippen molar-refractivity contribution in [3.8, 4) is 0 Å². The highest BCUT2D eigenvalue weighted by Gasteiger charge is 2.27. The number of hydrogen-bond donors (Lipinski definition) is 0. The van der Waals surface area contributed by atoms with Crippen LogP contribution in [0.5, 0.6) is 0 Å². The van der Waals surface area contributed by atoms with E-state index in [1.807, 2.05) is 12.1 Å². The highest BCUT2D eigenvalue weighted by atomic mass is 16.1. The topological polar surface area (TPSA) is 33.2 Å². The van der Waals surface area contributed by atoms with Gasteiger partial charge in [-0.15, -0.1) is 0 Å². The van der Waals surface area contributed by atoms with E-state index in [0.29, 0.717) is 11.0 Å². The number of hydrogen-bond acceptors (Lipinski definition) is 3. The van der Waals surface area contributed by atoms with Crippen LogP contribution in [-0.4, -0.2) is 24.4 Å². The van der Waals surface area contributed by atoms with Gasteiger partial charge in [-0.1, -0.05) is 13.8 Å². The van der Waals surface area contributed by atoms with E-state index in [9.17, 15) is 4.79 Å². The van der Waals surface area contributed by atoms with Crippen molar-refractivity contribution in [1.29, 1.82) is 0 Å². The molecule has 0 N–H and O–H groups in total. The van der Waals surface area contributed by atoms with E-state index in [1.54, 1.807) is 6.20 Å². The van der Waals surface area contributed by atoms with Gasteiger partial charge in [0, 0.05) is 19.3 Å². The van der Waals surface area contributed by atoms with Crippen LogP contribution in [0.2, 0.25) is 0 Å². The molecule has 0 bridgehead atoms. The smallest absolute Gasteiger partial charge is 0.153 e. The van der Waals surface area contributed by atoms with Crippen molar-refractivity contribution in [2.45, 2.75) is 26.7 Å². The van der Waals surface area contributed by atoms with Crippen LogP contribution >= 0.6 is 0 Å². The van der Waals surface area contributed by atoms with Gasteiger partial charge in [0.2, 0.25) is 0 Å². The van der Waals surface area contributed by atoms with Crippen molar-refractivity contribution in [2.75, 3.05) is 18.0 Å². The van der Waals surface area contributed by atoms with Crippen LogP contribution in [-0.2, 0) is 0 Å². The number of aldehydes is 1. The zero-order valence-electron chi connectivity index (χ0n) is 9.94. The van der Waals surface area contributed by atoms with Gasteiger partial charge in [-0.2, -0.15) is 0 Å². The Morgan fingerprint density at radius 2 is 2.31 bits per heavy atom. The molecule has 0 aromatic carbocycles. The van der Waals surface area contributed by atoms with E-state index in [2.05, 4.69) is 23.7 Å². The second-order valence-electron chi connectivity index (χ2n) is 5.22. The maximum atomic E-state index is 11.0. The summed E-state index contributed by atoms with van der Waals surface area (Å²) < 4.78 is 0. The number of anilines is 1. The highest BCUT2D eigenvalue weighted by molar-refractivity contribution is 5.82. The minimum atomic E-state index is 0.315. The van der Waals surface area contributed by atoms with Crippen LogP contribution in [0.1, 0.15) is 37.0 Å². The normalized spacial score (nSPS) is 19.5. The van der Waals surface area contributed by atoms with Gasteiger partial charge in [-0.25, -0.2) is 4.98 Å². The third kappa shape index (κ3) is 2.23. The Morgan fingerprint density at radius 3 is 3.00 bits per heavy atom. The average Bonchev–Trinajstić information content (AvgIpc) is 2.27. The summed E-state index contributed by atoms with van der Waals surface area (Å²) in [5.74, 6) is 0.838. The van der Waals surface area contributed by atoms with Gasteiger partial charge in [0.05, 0.1) is 5.56 Å². The summed E-state index contributed by atoms with van der Waals surface area (Å²) in [6, 6.07) is 3.64. The monoisotopic (exact) mass is 218 g/mol. The predicted octanol–water partition coefficient (Wildman–Crippen LogP) is 2.52. The lowest BCUT2D eigenvalue weighted by Crippen LogP contribution is -2.40. The fourth-order valence-corrected chi connectivity index (χ4v) is 2.37. The molecule has 0 aliphatic carbocycles. The first-order valence-corrected chi connectivity index (χ1v) is 5.77. The zero-order chi connectivity index (χ0) is 11.6. The summed E-state index contributed by atoms with van der Waals surface area (Å²) in [7, 11) is 0. The zero-order valence-corrected chi connectivity index (χ0v) is 9.94. The van der Waals surface area contributed by atoms with Gasteiger partial charge < -0.3 is 4.90 Å². The second kappa shape index (κ2) is 4.24. The van der Waals surface area contributed by atoms with Gasteiger partial charge in [0.1, 0.15) is 5.82 Å². The first-order valence-electron chi connectivity index (χ1n) is 5.77. The Bertz CT molecular complexity index is 387. The van der Waals surface area contributed by atoms with Crippen LogP contribution in [0.15, 0.2) is 18.3 Å². The molecule has 2 heterocycles. The first-order chi connectivity index (χ1) is 7.62. The lowest BCUT2D eigenvalue weighted by atomic mass is 9.84. The number of aromatic nitrogens is 1. The van der Waals surface area contributed by atoms with Crippen LogP contribution in [0.3, 0.4) is 0 Å². The Morgan fingerprint density at radius 1 is 1.50 bits per heavy atom. The molecule has 3 nitrogen and oxygen atoms in total. The molecule has 0 radical (unpaired) electrons. The predicted molar refractivity (Wildman–Crippen MR) is 64.9 cm³/mol. The first kappa shape index (κ1) is 11.1. The molecule has 2 rings (SSSR count). The number of piperidine rings is 1. The van der Waals surface area contributed by atoms with Crippen LogP contribution in [0, 0.1) is 5.41 Å². The number of rotatable bonds is 2. The molecule has 0 atom stereocenters. The third-order valence-electron chi connectivity index (χ3n) is 3.14. The van der Waals surface area contributed by atoms with Crippen molar-refractivity contribution in [2.24, 2.45) is 5.41 Å². The quantitative estimate of drug-likeness (QED) is 0.715. The fraction of sp³-hybridized carbons (Fsp3) is 0.538. The SMILES string of the molecule is CC1(C)CCCN(c2ncccc2C=O)C1. The highest BCUT2D eigenvalue weighted by Crippen LogP contribution is 2.31. The van der Waals surface area contributed by atoms with Gasteiger partial charge in [-0.3, -0.25) is 4.79 Å². The van der Waals surface area contributed by atoms with E-state index in [4.69, 9.17) is 0 Å². The maximum Gasteiger partial charge on any atom is 0.153 e. The summed E-state index contributed by atoms with van der Waals surface area (Å²) in [6.07, 6.45) is 5.06. The molecule has 0 amide bonds. The van der Waals surface area contributed by atoms with E-state index in [0.717, 1.165) is 25.2 Å². The van der Waals surface area contributed by atoms with Crippen LogP contribution in [0.25, 0.3) is 0 Å². The van der Waals surface area contributed by atoms with Crippen molar-refractivity contribution < 1.29 is 4.79 Å². The minimum absolute atomic E-state index is 0.315. The van der Waals surface area contributed by atoms with Gasteiger partial charge in [0.25, 0.3) is 0 Å². The molecule has 1 saturated heterocycles. The summed E-state index contributed by atoms with van der Waals surface area (Å²) in [6.45, 7) is 6.51. The Hall–Kier alpha value is -1.38. The average molecular weight is 218 g/mol. The van der Waals surface area contributed by atoms with Gasteiger partial charge >= 0.3 is 0 Å². The van der Waals surface area contributed by atoms with Crippen molar-refractivity contribution in [3.05, 3.63) is 23.9 Å². The number of carbonyl (C=O) groups excluding carboxylic acids is 1. The second-order valence-corrected chi connectivity index (χ2v) is 5.22. The molecule has 86 valence electrons. The van der Waals surface area contributed by atoms with Crippen molar-refractivity contribution in [1.82, 2.24) is 4.98 Å². The number of pyridine rings is 1. The molecule has 1 aromatic heterocycles. The lowest BCUT2D eigenvalue weighted by Gasteiger charge is -2.39. The molecule has 3 heteroatoms. The summed E-state index contributed by atoms with van der Waals surface area (Å²) in [5.41, 5.74) is 1.01. The van der Waals surface area contributed by atoms with E-state index < -0.39 is 0 Å². The van der Waals surface area contributed by atoms with E-state index in [1.165, 1.54) is 12.8 Å². The fourth-order valence-electron chi connectivity index (χ4n) is 2.37. The number of carbonyl (C=O) groups is 1. The van der Waals surface area contributed by atoms with Crippen molar-refractivity contribution >= 4 is 12.1 Å². The molecular weight excluding hydrogens is 200 g/mol. The maximum absolute atomic E-state index is 11.0. The molecule has 1 aromatic rings. The molecule has 1 fully saturated rings. The van der Waals surface area contributed by atoms with Crippen molar-refractivity contribution in [3.63, 3.8) is 0 Å². The Balaban J connectivity index is 2.26. The molecule has 1 aliphatic rings. The third-order valence-corrected chi connectivity index (χ3v) is 3.14. The van der Waals surface area contributed by atoms with E-state index >= 15 is 0 Å². The summed E-state index contributed by atoms with van der Waals surface area (Å²) in [5, 5.41) is 0. The largest absolute Gasteiger partial charge is 0.355 e. The molecule has 0 unspecified atom stereocenters. The Labute approximate surface area is 96.5 Å². The van der Waals surface area contributed by atoms with E-state index in [-0.39, 0.29) is 0 Å². The standard InChI is InChI=1S/C13H18N2O/c1-13(2)6-4-8-15(10-13)12-11(9-16)5-3-7-14-12/h3,5,7,9H,4,6,8,10H2,1-2H3. The van der Waals surface area contributed by atoms with Gasteiger partial charge in [-0.05, 0) is 30.4 Å². The molecular formula is C13H18N2O. The summed E-state index contributed by atoms with van der Waals surface area (Å²) >= 11 is 0. The van der Waals surface area contributed by atoms with Crippen LogP contribution in [0.4, 0.5) is 5.82 Å². The van der Waals surface area contributed by atoms with Gasteiger partial charge in [0.15, 0.2) is 6.29 Å². The number of nitrogens with zero attached hydrogens (tertiary/aromatic N) is 2. The molecule has 1 aliphatic heterocycles.